The normalized spacial score (nSPS) is 11.3. The molecule has 0 aliphatic carbocycles. The summed E-state index contributed by atoms with van der Waals surface area (Å²) in [6.07, 6.45) is 2.51. The zero-order chi connectivity index (χ0) is 25.6. The molecule has 0 radical (unpaired) electrons. The average Bonchev–Trinajstić information content (AvgIpc) is 2.76. The first-order valence-corrected chi connectivity index (χ1v) is 12.2. The molecule has 0 bridgehead atoms. The van der Waals surface area contributed by atoms with Gasteiger partial charge in [-0.25, -0.2) is 4.98 Å². The Labute approximate surface area is 207 Å². The summed E-state index contributed by atoms with van der Waals surface area (Å²) in [5.41, 5.74) is 1.25. The number of rotatable bonds is 11. The molecule has 0 saturated heterocycles. The van der Waals surface area contributed by atoms with Crippen LogP contribution in [0.2, 0.25) is 0 Å². The predicted molar refractivity (Wildman–Crippen MR) is 143 cm³/mol. The minimum Gasteiger partial charge on any atom is -0.493 e. The van der Waals surface area contributed by atoms with E-state index in [4.69, 9.17) is 22.4 Å². The highest BCUT2D eigenvalue weighted by molar-refractivity contribution is 7.80. The minimum atomic E-state index is -0.852. The first kappa shape index (κ1) is 27.4. The Balaban J connectivity index is 2.75. The molecule has 0 aliphatic rings. The molecule has 2 N–H and O–H groups in total. The van der Waals surface area contributed by atoms with Crippen LogP contribution >= 0.6 is 12.2 Å². The van der Waals surface area contributed by atoms with Gasteiger partial charge < -0.3 is 20.0 Å². The second-order valence-corrected chi connectivity index (χ2v) is 9.41. The predicted octanol–water partition coefficient (Wildman–Crippen LogP) is 5.61. The zero-order valence-electron chi connectivity index (χ0n) is 21.3. The van der Waals surface area contributed by atoms with Crippen LogP contribution in [0.25, 0.3) is 11.4 Å². The molecular weight excluding hydrogens is 448 g/mol. The largest absolute Gasteiger partial charge is 0.493 e. The van der Waals surface area contributed by atoms with Crippen molar-refractivity contribution in [2.45, 2.75) is 79.7 Å². The lowest BCUT2D eigenvalue weighted by Gasteiger charge is -2.39. The zero-order valence-corrected chi connectivity index (χ0v) is 22.1. The minimum absolute atomic E-state index is 0.0896. The third-order valence-corrected chi connectivity index (χ3v) is 5.93. The van der Waals surface area contributed by atoms with Crippen LogP contribution < -0.4 is 15.2 Å². The van der Waals surface area contributed by atoms with E-state index < -0.39 is 5.54 Å². The van der Waals surface area contributed by atoms with Crippen molar-refractivity contribution in [2.24, 2.45) is 0 Å². The fourth-order valence-electron chi connectivity index (χ4n) is 4.00. The first-order chi connectivity index (χ1) is 16.0. The Hall–Kier alpha value is -2.87. The third kappa shape index (κ3) is 5.78. The lowest BCUT2D eigenvalue weighted by molar-refractivity contribution is -0.122. The molecule has 0 aliphatic heterocycles. The number of aromatic nitrogens is 2. The highest BCUT2D eigenvalue weighted by atomic mass is 32.1. The van der Waals surface area contributed by atoms with Crippen molar-refractivity contribution < 1.29 is 9.53 Å². The number of H-pyrrole nitrogens is 1. The van der Waals surface area contributed by atoms with Crippen LogP contribution in [0.4, 0.5) is 5.69 Å². The van der Waals surface area contributed by atoms with Gasteiger partial charge in [0.05, 0.1) is 34.1 Å². The van der Waals surface area contributed by atoms with E-state index >= 15 is 0 Å². The molecule has 7 nitrogen and oxygen atoms in total. The van der Waals surface area contributed by atoms with Gasteiger partial charge in [0, 0.05) is 17.7 Å². The lowest BCUT2D eigenvalue weighted by Crippen LogP contribution is -2.52. The van der Waals surface area contributed by atoms with Crippen LogP contribution in [0, 0.1) is 12.3 Å². The van der Waals surface area contributed by atoms with Gasteiger partial charge in [-0.05, 0) is 65.7 Å². The number of carbonyl (C=O) groups is 1. The first-order valence-electron chi connectivity index (χ1n) is 11.8. The number of ketones is 1. The highest BCUT2D eigenvalue weighted by Gasteiger charge is 2.35. The molecule has 34 heavy (non-hydrogen) atoms. The Morgan fingerprint density at radius 1 is 1.21 bits per heavy atom. The molecule has 0 atom stereocenters. The molecule has 2 aromatic rings. The van der Waals surface area contributed by atoms with Crippen LogP contribution in [0.5, 0.6) is 5.75 Å². The maximum Gasteiger partial charge on any atom is 0.254 e. The number of aromatic amines is 1. The Morgan fingerprint density at radius 3 is 2.41 bits per heavy atom. The lowest BCUT2D eigenvalue weighted by atomic mass is 9.92. The van der Waals surface area contributed by atoms with Gasteiger partial charge in [-0.3, -0.25) is 9.59 Å². The van der Waals surface area contributed by atoms with Crippen molar-refractivity contribution >= 4 is 34.4 Å². The number of hydrogen-bond donors (Lipinski definition) is 2. The summed E-state index contributed by atoms with van der Waals surface area (Å²) in [4.78, 5) is 35.6. The van der Waals surface area contributed by atoms with E-state index in [1.807, 2.05) is 51.7 Å². The number of anilines is 1. The van der Waals surface area contributed by atoms with Crippen molar-refractivity contribution in [1.29, 1.82) is 5.41 Å². The van der Waals surface area contributed by atoms with Crippen molar-refractivity contribution in [3.05, 3.63) is 39.8 Å². The maximum absolute atomic E-state index is 13.0. The van der Waals surface area contributed by atoms with E-state index in [2.05, 4.69) is 9.97 Å². The average molecular weight is 485 g/mol. The molecule has 0 spiro atoms. The summed E-state index contributed by atoms with van der Waals surface area (Å²) < 4.78 is 5.84. The van der Waals surface area contributed by atoms with E-state index in [9.17, 15) is 9.59 Å². The van der Waals surface area contributed by atoms with Gasteiger partial charge in [-0.15, -0.1) is 0 Å². The fraction of sp³-hybridized carbons (Fsp3) is 0.500. The maximum atomic E-state index is 13.0. The molecular formula is C26H36N4O3S. The number of Topliss-reactive ketones (excluding diaryl/α,β-unsaturated/α-hetero) is 1. The van der Waals surface area contributed by atoms with Crippen LogP contribution in [0.15, 0.2) is 23.0 Å². The molecule has 0 saturated carbocycles. The van der Waals surface area contributed by atoms with Crippen LogP contribution in [0.3, 0.4) is 0 Å². The summed E-state index contributed by atoms with van der Waals surface area (Å²) in [5.74, 6) is 0.953. The number of ether oxygens (including phenoxy) is 1. The SMILES string of the molecule is CCCC(=N)c1nc(-c2cc(N(C(C)=S)C(C)(C)C(=O)CCC)ccc2OCC)[nH]c(=O)c1C. The molecule has 0 amide bonds. The standard InChI is InChI=1S/C26H36N4O3S/c1-8-11-20(27)23-16(4)25(32)29-24(28-23)19-15-18(13-14-21(19)33-10-3)30(17(5)34)26(6,7)22(31)12-9-2/h13-15,27H,8-12H2,1-7H3,(H,28,29,32). The topological polar surface area (TPSA) is 99.1 Å². The highest BCUT2D eigenvalue weighted by Crippen LogP contribution is 2.35. The van der Waals surface area contributed by atoms with E-state index in [0.717, 1.165) is 12.8 Å². The van der Waals surface area contributed by atoms with Crippen LogP contribution in [0.1, 0.15) is 78.5 Å². The molecule has 184 valence electrons. The summed E-state index contributed by atoms with van der Waals surface area (Å²) in [6.45, 7) is 13.5. The summed E-state index contributed by atoms with van der Waals surface area (Å²) in [6, 6.07) is 5.50. The van der Waals surface area contributed by atoms with Crippen LogP contribution in [-0.4, -0.2) is 38.6 Å². The van der Waals surface area contributed by atoms with Crippen molar-refractivity contribution in [3.63, 3.8) is 0 Å². The summed E-state index contributed by atoms with van der Waals surface area (Å²) in [5, 5.41) is 8.39. The number of benzene rings is 1. The van der Waals surface area contributed by atoms with Gasteiger partial charge in [0.1, 0.15) is 11.6 Å². The van der Waals surface area contributed by atoms with E-state index in [0.29, 0.717) is 64.2 Å². The van der Waals surface area contributed by atoms with Crippen molar-refractivity contribution in [3.8, 4) is 17.1 Å². The molecule has 2 rings (SSSR count). The second kappa shape index (κ2) is 11.5. The molecule has 1 aromatic heterocycles. The van der Waals surface area contributed by atoms with Gasteiger partial charge in [0.25, 0.3) is 5.56 Å². The number of hydrogen-bond acceptors (Lipinski definition) is 6. The summed E-state index contributed by atoms with van der Waals surface area (Å²) >= 11 is 5.56. The van der Waals surface area contributed by atoms with Crippen LogP contribution in [-0.2, 0) is 4.79 Å². The Kier molecular flexibility index (Phi) is 9.27. The van der Waals surface area contributed by atoms with Crippen molar-refractivity contribution in [2.75, 3.05) is 11.5 Å². The van der Waals surface area contributed by atoms with Gasteiger partial charge in [-0.2, -0.15) is 0 Å². The quantitative estimate of drug-likeness (QED) is 0.317. The molecule has 8 heteroatoms. The van der Waals surface area contributed by atoms with Crippen molar-refractivity contribution in [1.82, 2.24) is 9.97 Å². The van der Waals surface area contributed by atoms with Gasteiger partial charge in [-0.1, -0.05) is 32.5 Å². The molecule has 1 heterocycles. The smallest absolute Gasteiger partial charge is 0.254 e. The third-order valence-electron chi connectivity index (χ3n) is 5.75. The van der Waals surface area contributed by atoms with E-state index in [1.54, 1.807) is 19.9 Å². The molecule has 1 aromatic carbocycles. The Morgan fingerprint density at radius 2 is 1.85 bits per heavy atom. The van der Waals surface area contributed by atoms with E-state index in [-0.39, 0.29) is 11.3 Å². The number of nitrogens with zero attached hydrogens (tertiary/aromatic N) is 2. The Bertz CT molecular complexity index is 1140. The number of nitrogens with one attached hydrogen (secondary N) is 2. The fourth-order valence-corrected chi connectivity index (χ4v) is 4.34. The molecule has 0 fully saturated rings. The second-order valence-electron chi connectivity index (χ2n) is 8.82. The van der Waals surface area contributed by atoms with Gasteiger partial charge in [0.2, 0.25) is 0 Å². The van der Waals surface area contributed by atoms with Gasteiger partial charge >= 0.3 is 0 Å². The summed E-state index contributed by atoms with van der Waals surface area (Å²) in [7, 11) is 0. The number of thiocarbonyl (C=S) groups is 1. The number of carbonyl (C=O) groups excluding carboxylic acids is 1. The van der Waals surface area contributed by atoms with Gasteiger partial charge in [0.15, 0.2) is 5.78 Å². The molecule has 0 unspecified atom stereocenters. The monoisotopic (exact) mass is 484 g/mol. The van der Waals surface area contributed by atoms with E-state index in [1.165, 1.54) is 0 Å².